The van der Waals surface area contributed by atoms with Crippen LogP contribution in [0.4, 0.5) is 0 Å². The predicted octanol–water partition coefficient (Wildman–Crippen LogP) is 1.84. The van der Waals surface area contributed by atoms with Gasteiger partial charge in [0.2, 0.25) is 0 Å². The first-order chi connectivity index (χ1) is 17.5. The Bertz CT molecular complexity index is 1380. The van der Waals surface area contributed by atoms with Gasteiger partial charge in [-0.15, -0.1) is 0 Å². The van der Waals surface area contributed by atoms with Crippen LogP contribution in [0, 0.1) is 25.2 Å². The van der Waals surface area contributed by atoms with E-state index in [1.165, 1.54) is 12.1 Å². The number of amides is 1. The van der Waals surface area contributed by atoms with E-state index in [9.17, 15) is 27.6 Å². The minimum atomic E-state index is -4.40. The molecule has 0 saturated carbocycles. The maximum absolute atomic E-state index is 14.2. The van der Waals surface area contributed by atoms with E-state index in [2.05, 4.69) is 0 Å². The number of esters is 3. The van der Waals surface area contributed by atoms with Crippen LogP contribution in [-0.2, 0) is 43.4 Å². The number of hydrogen-bond donors (Lipinski definition) is 0. The fourth-order valence-corrected chi connectivity index (χ4v) is 7.05. The van der Waals surface area contributed by atoms with Gasteiger partial charge in [-0.05, 0) is 37.1 Å². The minimum absolute atomic E-state index is 0.134. The topological polar surface area (TPSA) is 133 Å². The summed E-state index contributed by atoms with van der Waals surface area (Å²) < 4.78 is 42.7. The zero-order valence-corrected chi connectivity index (χ0v) is 21.8. The molecule has 3 atom stereocenters. The molecule has 1 saturated heterocycles. The van der Waals surface area contributed by atoms with Crippen LogP contribution in [-0.4, -0.2) is 64.4 Å². The number of sulfonamides is 1. The number of methoxy groups -OCH3 is 3. The zero-order valence-electron chi connectivity index (χ0n) is 21.0. The number of fused-ring (bicyclic) bond motifs is 3. The van der Waals surface area contributed by atoms with Gasteiger partial charge in [-0.25, -0.2) is 12.7 Å². The van der Waals surface area contributed by atoms with Gasteiger partial charge in [0.25, 0.3) is 15.9 Å². The summed E-state index contributed by atoms with van der Waals surface area (Å²) in [6.45, 7) is 3.20. The van der Waals surface area contributed by atoms with Crippen LogP contribution >= 0.6 is 0 Å². The molecule has 1 aliphatic heterocycles. The first-order valence-electron chi connectivity index (χ1n) is 11.4. The molecule has 2 aromatic carbocycles. The molecule has 11 heteroatoms. The molecule has 2 aromatic rings. The van der Waals surface area contributed by atoms with Crippen LogP contribution in [0.15, 0.2) is 47.4 Å². The maximum Gasteiger partial charge on any atom is 0.322 e. The summed E-state index contributed by atoms with van der Waals surface area (Å²) in [4.78, 5) is 53.6. The Balaban J connectivity index is 2.01. The van der Waals surface area contributed by atoms with Gasteiger partial charge in [-0.3, -0.25) is 19.2 Å². The Kier molecular flexibility index (Phi) is 6.61. The smallest absolute Gasteiger partial charge is 0.322 e. The Labute approximate surface area is 214 Å². The molecule has 37 heavy (non-hydrogen) atoms. The molecular weight excluding hydrogens is 502 g/mol. The van der Waals surface area contributed by atoms with Crippen molar-refractivity contribution in [2.75, 3.05) is 27.9 Å². The molecule has 4 rings (SSSR count). The molecule has 0 unspecified atom stereocenters. The second-order valence-electron chi connectivity index (χ2n) is 9.20. The van der Waals surface area contributed by atoms with Crippen molar-refractivity contribution < 1.29 is 41.8 Å². The summed E-state index contributed by atoms with van der Waals surface area (Å²) in [5.74, 6) is -8.37. The van der Waals surface area contributed by atoms with E-state index in [1.807, 2.05) is 0 Å². The summed E-state index contributed by atoms with van der Waals surface area (Å²) in [7, 11) is -1.20. The first-order valence-corrected chi connectivity index (χ1v) is 12.9. The minimum Gasteiger partial charge on any atom is -0.468 e. The summed E-state index contributed by atoms with van der Waals surface area (Å²) in [5.41, 5.74) is 0.220. The van der Waals surface area contributed by atoms with Crippen LogP contribution in [0.5, 0.6) is 0 Å². The normalized spacial score (nSPS) is 22.4. The second kappa shape index (κ2) is 9.29. The molecule has 0 aromatic heterocycles. The van der Waals surface area contributed by atoms with Gasteiger partial charge >= 0.3 is 17.9 Å². The number of benzene rings is 2. The van der Waals surface area contributed by atoms with E-state index in [-0.39, 0.29) is 11.4 Å². The SMILES string of the molecule is COC(=O)C(C(=O)OC)[C@@H]1c2ccc(C)cc2[C@H]2CN(S(=O)(=O)c3ccc(C)cc3)C(=O)[C@]21C(=O)OC. The third kappa shape index (κ3) is 3.71. The lowest BCUT2D eigenvalue weighted by Gasteiger charge is -2.34. The van der Waals surface area contributed by atoms with Gasteiger partial charge in [-0.1, -0.05) is 41.5 Å². The molecule has 196 valence electrons. The molecule has 1 heterocycles. The number of aryl methyl sites for hydroxylation is 2. The molecule has 0 bridgehead atoms. The average Bonchev–Trinajstić information content (AvgIpc) is 3.34. The highest BCUT2D eigenvalue weighted by atomic mass is 32.2. The Morgan fingerprint density at radius 2 is 1.46 bits per heavy atom. The summed E-state index contributed by atoms with van der Waals surface area (Å²) in [5, 5.41) is 0. The second-order valence-corrected chi connectivity index (χ2v) is 11.1. The van der Waals surface area contributed by atoms with Crippen LogP contribution in [0.3, 0.4) is 0 Å². The number of carbonyl (C=O) groups is 4. The maximum atomic E-state index is 14.2. The molecule has 0 radical (unpaired) electrons. The van der Waals surface area contributed by atoms with Crippen LogP contribution < -0.4 is 0 Å². The third-order valence-electron chi connectivity index (χ3n) is 7.30. The molecule has 0 spiro atoms. The van der Waals surface area contributed by atoms with Crippen molar-refractivity contribution in [2.45, 2.75) is 30.6 Å². The quantitative estimate of drug-likeness (QED) is 0.312. The van der Waals surface area contributed by atoms with E-state index >= 15 is 0 Å². The fraction of sp³-hybridized carbons (Fsp3) is 0.385. The van der Waals surface area contributed by atoms with Gasteiger partial charge in [0.15, 0.2) is 11.3 Å². The molecule has 0 N–H and O–H groups in total. The van der Waals surface area contributed by atoms with Crippen molar-refractivity contribution in [2.24, 2.45) is 11.3 Å². The number of rotatable bonds is 6. The number of carbonyl (C=O) groups excluding carboxylic acids is 4. The summed E-state index contributed by atoms with van der Waals surface area (Å²) in [6.07, 6.45) is 0. The van der Waals surface area contributed by atoms with Crippen molar-refractivity contribution >= 4 is 33.8 Å². The van der Waals surface area contributed by atoms with Gasteiger partial charge in [0.1, 0.15) is 0 Å². The molecular formula is C26H27NO9S. The lowest BCUT2D eigenvalue weighted by molar-refractivity contribution is -0.167. The predicted molar refractivity (Wildman–Crippen MR) is 129 cm³/mol. The highest BCUT2D eigenvalue weighted by molar-refractivity contribution is 7.89. The van der Waals surface area contributed by atoms with Crippen LogP contribution in [0.1, 0.15) is 34.1 Å². The van der Waals surface area contributed by atoms with E-state index in [0.29, 0.717) is 15.4 Å². The van der Waals surface area contributed by atoms with Gasteiger partial charge in [0, 0.05) is 18.4 Å². The average molecular weight is 530 g/mol. The Morgan fingerprint density at radius 1 is 0.892 bits per heavy atom. The first kappa shape index (κ1) is 26.3. The van der Waals surface area contributed by atoms with E-state index in [4.69, 9.17) is 14.2 Å². The lowest BCUT2D eigenvalue weighted by Crippen LogP contribution is -2.51. The van der Waals surface area contributed by atoms with Gasteiger partial charge < -0.3 is 14.2 Å². The van der Waals surface area contributed by atoms with Gasteiger partial charge in [-0.2, -0.15) is 0 Å². The van der Waals surface area contributed by atoms with E-state index in [1.54, 1.807) is 44.2 Å². The Morgan fingerprint density at radius 3 is 2.00 bits per heavy atom. The highest BCUT2D eigenvalue weighted by Gasteiger charge is 2.73. The molecule has 2 aliphatic rings. The lowest BCUT2D eigenvalue weighted by atomic mass is 9.66. The molecule has 1 aliphatic carbocycles. The standard InChI is InChI=1S/C26H27NO9S/c1-14-6-9-16(10-7-14)37(32,33)27-13-19-18-12-15(2)8-11-17(18)21(20(22(28)34-3)23(29)35-4)26(19,24(27)30)25(31)36-5/h6-12,19-21H,13H2,1-5H3/t19-,21+,26+/m1/s1. The number of hydrogen-bond acceptors (Lipinski definition) is 9. The van der Waals surface area contributed by atoms with Gasteiger partial charge in [0.05, 0.1) is 26.2 Å². The molecule has 1 fully saturated rings. The Hall–Kier alpha value is -3.73. The van der Waals surface area contributed by atoms with Crippen molar-refractivity contribution in [3.05, 3.63) is 64.7 Å². The van der Waals surface area contributed by atoms with Crippen LogP contribution in [0.25, 0.3) is 0 Å². The van der Waals surface area contributed by atoms with Crippen molar-refractivity contribution in [1.82, 2.24) is 4.31 Å². The monoisotopic (exact) mass is 529 g/mol. The van der Waals surface area contributed by atoms with E-state index in [0.717, 1.165) is 32.5 Å². The summed E-state index contributed by atoms with van der Waals surface area (Å²) in [6, 6.07) is 11.0. The number of ether oxygens (including phenoxy) is 3. The largest absolute Gasteiger partial charge is 0.468 e. The van der Waals surface area contributed by atoms with Crippen molar-refractivity contribution in [3.63, 3.8) is 0 Å². The third-order valence-corrected chi connectivity index (χ3v) is 9.06. The van der Waals surface area contributed by atoms with Crippen LogP contribution in [0.2, 0.25) is 0 Å². The van der Waals surface area contributed by atoms with Crippen molar-refractivity contribution in [3.8, 4) is 0 Å². The fourth-order valence-electron chi connectivity index (χ4n) is 5.60. The molecule has 1 amide bonds. The highest BCUT2D eigenvalue weighted by Crippen LogP contribution is 2.63. The summed E-state index contributed by atoms with van der Waals surface area (Å²) >= 11 is 0. The zero-order chi connectivity index (χ0) is 27.3. The molecule has 10 nitrogen and oxygen atoms in total. The van der Waals surface area contributed by atoms with Crippen molar-refractivity contribution in [1.29, 1.82) is 0 Å². The number of nitrogens with zero attached hydrogens (tertiary/aromatic N) is 1. The van der Waals surface area contributed by atoms with E-state index < -0.39 is 57.0 Å².